The highest BCUT2D eigenvalue weighted by Crippen LogP contribution is 1.82. The molecule has 0 fully saturated rings. The van der Waals surface area contributed by atoms with Crippen molar-refractivity contribution in [3.63, 3.8) is 0 Å². The van der Waals surface area contributed by atoms with Gasteiger partial charge in [-0.25, -0.2) is 4.79 Å². The number of carboxylic acids is 1. The van der Waals surface area contributed by atoms with Crippen molar-refractivity contribution in [3.05, 3.63) is 0 Å². The zero-order valence-electron chi connectivity index (χ0n) is 5.34. The third kappa shape index (κ3) is 54.3. The Bertz CT molecular complexity index is 124. The van der Waals surface area contributed by atoms with Crippen molar-refractivity contribution in [1.82, 2.24) is 0 Å². The molecule has 0 unspecified atom stereocenters. The van der Waals surface area contributed by atoms with Crippen LogP contribution in [-0.4, -0.2) is 43.9 Å². The highest BCUT2D eigenvalue weighted by atomic mass is 16.6. The van der Waals surface area contributed by atoms with Crippen LogP contribution in [0.15, 0.2) is 0 Å². The average Bonchev–Trinajstić information content (AvgIpc) is 1.56. The van der Waals surface area contributed by atoms with E-state index in [1.165, 1.54) is 0 Å². The summed E-state index contributed by atoms with van der Waals surface area (Å²) < 4.78 is 0. The van der Waals surface area contributed by atoms with Gasteiger partial charge in [-0.3, -0.25) is 4.79 Å². The Labute approximate surface area is 61.1 Å². The topological polar surface area (TPSA) is 135 Å². The molecule has 0 bridgehead atoms. The first kappa shape index (κ1) is 12.3. The van der Waals surface area contributed by atoms with E-state index in [1.807, 2.05) is 0 Å². The molecule has 0 saturated heterocycles. The predicted octanol–water partition coefficient (Wildman–Crippen LogP) is -1.01. The normalized spacial score (nSPS) is 8.27. The van der Waals surface area contributed by atoms with E-state index in [9.17, 15) is 4.79 Å². The number of rotatable bonds is 2. The van der Waals surface area contributed by atoms with Crippen LogP contribution in [0.4, 0.5) is 4.79 Å². The number of carbonyl (C=O) groups is 2. The fraction of sp³-hybridized carbons (Fsp3) is 0.500. The molecule has 7 nitrogen and oxygen atoms in total. The lowest BCUT2D eigenvalue weighted by molar-refractivity contribution is -0.145. The Kier molecular flexibility index (Phi) is 7.61. The molecule has 0 aliphatic heterocycles. The maximum Gasteiger partial charge on any atom is 0.503 e. The summed E-state index contributed by atoms with van der Waals surface area (Å²) in [5, 5.41) is 37.5. The monoisotopic (exact) mass is 168 g/mol. The first-order valence-electron chi connectivity index (χ1n) is 2.36. The SMILES string of the molecule is O=C(O)CC(O)O.O=C(O)O. The van der Waals surface area contributed by atoms with Gasteiger partial charge in [-0.05, 0) is 0 Å². The molecule has 0 aromatic rings. The largest absolute Gasteiger partial charge is 0.503 e. The third-order valence-electron chi connectivity index (χ3n) is 0.357. The quantitative estimate of drug-likeness (QED) is 0.333. The van der Waals surface area contributed by atoms with Crippen molar-refractivity contribution in [2.24, 2.45) is 0 Å². The highest BCUT2D eigenvalue weighted by Gasteiger charge is 2.01. The maximum atomic E-state index is 9.49. The summed E-state index contributed by atoms with van der Waals surface area (Å²) in [5.74, 6) is -1.21. The number of aliphatic hydroxyl groups excluding tert-OH is 1. The van der Waals surface area contributed by atoms with E-state index in [1.54, 1.807) is 0 Å². The summed E-state index contributed by atoms with van der Waals surface area (Å²) in [6.45, 7) is 0. The predicted molar refractivity (Wildman–Crippen MR) is 31.1 cm³/mol. The molecule has 0 amide bonds. The van der Waals surface area contributed by atoms with Crippen LogP contribution in [0.3, 0.4) is 0 Å². The summed E-state index contributed by atoms with van der Waals surface area (Å²) in [6.07, 6.45) is -4.17. The molecule has 11 heavy (non-hydrogen) atoms. The molecule has 5 N–H and O–H groups in total. The third-order valence-corrected chi connectivity index (χ3v) is 0.357. The van der Waals surface area contributed by atoms with Crippen LogP contribution in [0.5, 0.6) is 0 Å². The van der Waals surface area contributed by atoms with Crippen molar-refractivity contribution in [1.29, 1.82) is 0 Å². The minimum absolute atomic E-state index is 0.611. The minimum atomic E-state index is -1.83. The van der Waals surface area contributed by atoms with Crippen molar-refractivity contribution < 1.29 is 35.1 Å². The lowest BCUT2D eigenvalue weighted by atomic mass is 10.4. The number of hydrogen-bond acceptors (Lipinski definition) is 4. The molecular weight excluding hydrogens is 160 g/mol. The summed E-state index contributed by atoms with van der Waals surface area (Å²) in [7, 11) is 0. The van der Waals surface area contributed by atoms with E-state index in [0.717, 1.165) is 0 Å². The van der Waals surface area contributed by atoms with Gasteiger partial charge >= 0.3 is 12.1 Å². The Morgan fingerprint density at radius 1 is 1.09 bits per heavy atom. The second kappa shape index (κ2) is 6.78. The Hall–Kier alpha value is -1.34. The van der Waals surface area contributed by atoms with E-state index in [-0.39, 0.29) is 0 Å². The van der Waals surface area contributed by atoms with Crippen molar-refractivity contribution >= 4 is 12.1 Å². The van der Waals surface area contributed by atoms with Crippen molar-refractivity contribution in [2.45, 2.75) is 12.7 Å². The highest BCUT2D eigenvalue weighted by molar-refractivity contribution is 5.66. The fourth-order valence-corrected chi connectivity index (χ4v) is 0.156. The number of aliphatic hydroxyl groups is 2. The summed E-state index contributed by atoms with van der Waals surface area (Å²) in [5.41, 5.74) is 0. The number of carboxylic acid groups (broad SMARTS) is 3. The molecule has 0 aromatic carbocycles. The van der Waals surface area contributed by atoms with E-state index in [2.05, 4.69) is 0 Å². The van der Waals surface area contributed by atoms with Crippen molar-refractivity contribution in [3.8, 4) is 0 Å². The van der Waals surface area contributed by atoms with Gasteiger partial charge in [-0.15, -0.1) is 0 Å². The molecule has 0 heterocycles. The Balaban J connectivity index is 0. The van der Waals surface area contributed by atoms with Crippen LogP contribution in [0.25, 0.3) is 0 Å². The minimum Gasteiger partial charge on any atom is -0.481 e. The van der Waals surface area contributed by atoms with Crippen LogP contribution < -0.4 is 0 Å². The maximum absolute atomic E-state index is 9.49. The average molecular weight is 168 g/mol. The molecular formula is C4H8O7. The van der Waals surface area contributed by atoms with Crippen LogP contribution in [0.2, 0.25) is 0 Å². The first-order valence-corrected chi connectivity index (χ1v) is 2.36. The van der Waals surface area contributed by atoms with Crippen LogP contribution in [0.1, 0.15) is 6.42 Å². The zero-order valence-corrected chi connectivity index (χ0v) is 5.34. The van der Waals surface area contributed by atoms with Gasteiger partial charge in [-0.1, -0.05) is 0 Å². The molecule has 0 spiro atoms. The van der Waals surface area contributed by atoms with Gasteiger partial charge in [-0.2, -0.15) is 0 Å². The van der Waals surface area contributed by atoms with Gasteiger partial charge in [0.15, 0.2) is 6.29 Å². The van der Waals surface area contributed by atoms with Crippen molar-refractivity contribution in [2.75, 3.05) is 0 Å². The Morgan fingerprint density at radius 3 is 1.36 bits per heavy atom. The molecule has 66 valence electrons. The van der Waals surface area contributed by atoms with Gasteiger partial charge in [0.1, 0.15) is 0 Å². The fourth-order valence-electron chi connectivity index (χ4n) is 0.156. The number of aliphatic carboxylic acids is 1. The smallest absolute Gasteiger partial charge is 0.481 e. The standard InChI is InChI=1S/C3H6O4.CH2O3/c4-2(5)1-3(6)7;2-1(3)4/h2,4-5H,1H2,(H,6,7);(H2,2,3,4). The lowest BCUT2D eigenvalue weighted by Crippen LogP contribution is -2.10. The number of hydrogen-bond donors (Lipinski definition) is 5. The molecule has 0 atom stereocenters. The van der Waals surface area contributed by atoms with Crippen LogP contribution in [-0.2, 0) is 4.79 Å². The second-order valence-electron chi connectivity index (χ2n) is 1.36. The molecule has 0 aliphatic carbocycles. The zero-order chi connectivity index (χ0) is 9.44. The summed E-state index contributed by atoms with van der Waals surface area (Å²) in [4.78, 5) is 18.0. The lowest BCUT2D eigenvalue weighted by Gasteiger charge is -1.93. The van der Waals surface area contributed by atoms with Gasteiger partial charge < -0.3 is 25.5 Å². The Morgan fingerprint density at radius 2 is 1.36 bits per heavy atom. The van der Waals surface area contributed by atoms with E-state index < -0.39 is 24.8 Å². The summed E-state index contributed by atoms with van der Waals surface area (Å²) in [6, 6.07) is 0. The van der Waals surface area contributed by atoms with Gasteiger partial charge in [0.2, 0.25) is 0 Å². The van der Waals surface area contributed by atoms with Gasteiger partial charge in [0.05, 0.1) is 6.42 Å². The summed E-state index contributed by atoms with van der Waals surface area (Å²) >= 11 is 0. The van der Waals surface area contributed by atoms with Crippen LogP contribution >= 0.6 is 0 Å². The van der Waals surface area contributed by atoms with Crippen LogP contribution in [0, 0.1) is 0 Å². The van der Waals surface area contributed by atoms with E-state index >= 15 is 0 Å². The van der Waals surface area contributed by atoms with Gasteiger partial charge in [0.25, 0.3) is 0 Å². The molecule has 0 radical (unpaired) electrons. The second-order valence-corrected chi connectivity index (χ2v) is 1.36. The van der Waals surface area contributed by atoms with E-state index in [0.29, 0.717) is 0 Å². The molecule has 7 heteroatoms. The molecule has 0 aromatic heterocycles. The first-order chi connectivity index (χ1) is 4.86. The molecule has 0 rings (SSSR count). The van der Waals surface area contributed by atoms with E-state index in [4.69, 9.17) is 30.3 Å². The molecule has 0 aliphatic rings. The van der Waals surface area contributed by atoms with Gasteiger partial charge in [0, 0.05) is 0 Å². The molecule has 0 saturated carbocycles.